The third kappa shape index (κ3) is 4.87. The lowest BCUT2D eigenvalue weighted by Gasteiger charge is -2.07. The summed E-state index contributed by atoms with van der Waals surface area (Å²) in [5.74, 6) is 0.980. The highest BCUT2D eigenvalue weighted by Crippen LogP contribution is 2.21. The molecule has 0 radical (unpaired) electrons. The molecule has 1 heteroatoms. The van der Waals surface area contributed by atoms with Crippen molar-refractivity contribution < 1.29 is 4.74 Å². The molecule has 0 atom stereocenters. The summed E-state index contributed by atoms with van der Waals surface area (Å²) in [6, 6.07) is 4.22. The third-order valence-corrected chi connectivity index (χ3v) is 2.51. The molecule has 0 fully saturated rings. The van der Waals surface area contributed by atoms with Crippen LogP contribution >= 0.6 is 0 Å². The van der Waals surface area contributed by atoms with Crippen molar-refractivity contribution in [3.8, 4) is 5.75 Å². The van der Waals surface area contributed by atoms with E-state index in [1.807, 2.05) is 0 Å². The Morgan fingerprint density at radius 1 is 0.867 bits per heavy atom. The molecule has 0 aliphatic rings. The summed E-state index contributed by atoms with van der Waals surface area (Å²) in [4.78, 5) is 0. The Labute approximate surface area is 94.5 Å². The van der Waals surface area contributed by atoms with Crippen LogP contribution in [0.25, 0.3) is 0 Å². The maximum Gasteiger partial charge on any atom is 0.122 e. The lowest BCUT2D eigenvalue weighted by Crippen LogP contribution is -1.90. The van der Waals surface area contributed by atoms with E-state index in [0.29, 0.717) is 0 Å². The number of rotatable bonds is 2. The Kier molecular flexibility index (Phi) is 6.85. The van der Waals surface area contributed by atoms with Crippen LogP contribution in [-0.2, 0) is 0 Å². The van der Waals surface area contributed by atoms with Gasteiger partial charge in [-0.1, -0.05) is 32.8 Å². The minimum absolute atomic E-state index is 0.980. The van der Waals surface area contributed by atoms with Crippen LogP contribution in [0.1, 0.15) is 43.4 Å². The first-order valence-electron chi connectivity index (χ1n) is 5.68. The number of aryl methyl sites for hydroxylation is 3. The Hall–Kier alpha value is -0.980. The number of ether oxygens (including phenoxy) is 1. The van der Waals surface area contributed by atoms with Crippen molar-refractivity contribution in [1.82, 2.24) is 0 Å². The summed E-state index contributed by atoms with van der Waals surface area (Å²) in [6.45, 7) is 10.6. The highest BCUT2D eigenvalue weighted by Gasteiger charge is 1.99. The van der Waals surface area contributed by atoms with Crippen LogP contribution in [0, 0.1) is 20.8 Å². The van der Waals surface area contributed by atoms with Crippen LogP contribution in [0.4, 0.5) is 0 Å². The second kappa shape index (κ2) is 7.33. The predicted octanol–water partition coefficient (Wildman–Crippen LogP) is 4.43. The fourth-order valence-corrected chi connectivity index (χ4v) is 1.15. The second-order valence-electron chi connectivity index (χ2n) is 3.91. The van der Waals surface area contributed by atoms with E-state index in [-0.39, 0.29) is 0 Å². The van der Waals surface area contributed by atoms with Crippen molar-refractivity contribution in [3.05, 3.63) is 28.8 Å². The van der Waals surface area contributed by atoms with Crippen LogP contribution in [-0.4, -0.2) is 7.11 Å². The molecular weight excluding hydrogens is 184 g/mol. The fourth-order valence-electron chi connectivity index (χ4n) is 1.15. The van der Waals surface area contributed by atoms with Crippen molar-refractivity contribution >= 4 is 0 Å². The maximum atomic E-state index is 5.18. The molecule has 0 aliphatic carbocycles. The van der Waals surface area contributed by atoms with Gasteiger partial charge in [0.2, 0.25) is 0 Å². The largest absolute Gasteiger partial charge is 0.496 e. The van der Waals surface area contributed by atoms with Gasteiger partial charge in [0.25, 0.3) is 0 Å². The van der Waals surface area contributed by atoms with Crippen LogP contribution in [0.5, 0.6) is 5.75 Å². The van der Waals surface area contributed by atoms with E-state index in [1.165, 1.54) is 29.5 Å². The van der Waals surface area contributed by atoms with Crippen molar-refractivity contribution in [1.29, 1.82) is 0 Å². The lowest BCUT2D eigenvalue weighted by molar-refractivity contribution is 0.411. The van der Waals surface area contributed by atoms with Gasteiger partial charge in [-0.3, -0.25) is 0 Å². The van der Waals surface area contributed by atoms with Gasteiger partial charge in [-0.25, -0.2) is 0 Å². The number of hydrogen-bond acceptors (Lipinski definition) is 1. The molecule has 1 nitrogen and oxygen atoms in total. The molecule has 86 valence electrons. The van der Waals surface area contributed by atoms with Crippen molar-refractivity contribution in [3.63, 3.8) is 0 Å². The number of hydrogen-bond donors (Lipinski definition) is 0. The Morgan fingerprint density at radius 2 is 1.33 bits per heavy atom. The molecule has 0 saturated heterocycles. The van der Waals surface area contributed by atoms with Gasteiger partial charge in [-0.15, -0.1) is 0 Å². The summed E-state index contributed by atoms with van der Waals surface area (Å²) in [5, 5.41) is 0. The van der Waals surface area contributed by atoms with Crippen molar-refractivity contribution in [2.45, 2.75) is 47.5 Å². The van der Waals surface area contributed by atoms with Crippen molar-refractivity contribution in [2.24, 2.45) is 0 Å². The summed E-state index contributed by atoms with van der Waals surface area (Å²) in [7, 11) is 1.71. The van der Waals surface area contributed by atoms with Crippen LogP contribution in [0.15, 0.2) is 12.1 Å². The highest BCUT2D eigenvalue weighted by molar-refractivity contribution is 5.40. The van der Waals surface area contributed by atoms with E-state index in [2.05, 4.69) is 46.8 Å². The lowest BCUT2D eigenvalue weighted by atomic mass is 10.1. The first-order chi connectivity index (χ1) is 7.06. The Morgan fingerprint density at radius 3 is 1.73 bits per heavy atom. The normalized spacial score (nSPS) is 9.20. The molecule has 0 spiro atoms. The maximum absolute atomic E-state index is 5.18. The number of methoxy groups -OCH3 is 1. The summed E-state index contributed by atoms with van der Waals surface area (Å²) in [5.41, 5.74) is 3.81. The SMILES string of the molecule is CCCC.COc1cc(C)c(C)cc1C. The Balaban J connectivity index is 0.000000423. The van der Waals surface area contributed by atoms with Crippen LogP contribution < -0.4 is 4.74 Å². The molecule has 0 heterocycles. The first-order valence-corrected chi connectivity index (χ1v) is 5.68. The molecule has 0 bridgehead atoms. The Bertz CT molecular complexity index is 288. The first kappa shape index (κ1) is 14.0. The van der Waals surface area contributed by atoms with E-state index in [1.54, 1.807) is 7.11 Å². The average molecular weight is 208 g/mol. The molecule has 0 unspecified atom stereocenters. The van der Waals surface area contributed by atoms with Crippen LogP contribution in [0.2, 0.25) is 0 Å². The standard InChI is InChI=1S/C10H14O.C4H10/c1-7-5-9(3)10(11-4)6-8(7)2;1-3-4-2/h5-6H,1-4H3;3-4H2,1-2H3. The van der Waals surface area contributed by atoms with Gasteiger partial charge in [-0.05, 0) is 43.5 Å². The summed E-state index contributed by atoms with van der Waals surface area (Å²) >= 11 is 0. The monoisotopic (exact) mass is 208 g/mol. The van der Waals surface area contributed by atoms with E-state index >= 15 is 0 Å². The summed E-state index contributed by atoms with van der Waals surface area (Å²) in [6.07, 6.45) is 2.64. The molecule has 0 N–H and O–H groups in total. The summed E-state index contributed by atoms with van der Waals surface area (Å²) < 4.78 is 5.18. The predicted molar refractivity (Wildman–Crippen MR) is 67.8 cm³/mol. The zero-order valence-electron chi connectivity index (χ0n) is 11.0. The zero-order chi connectivity index (χ0) is 11.8. The number of benzene rings is 1. The van der Waals surface area contributed by atoms with E-state index < -0.39 is 0 Å². The molecular formula is C14H24O. The third-order valence-electron chi connectivity index (χ3n) is 2.51. The van der Waals surface area contributed by atoms with Gasteiger partial charge in [0.1, 0.15) is 5.75 Å². The molecule has 0 saturated carbocycles. The van der Waals surface area contributed by atoms with E-state index in [9.17, 15) is 0 Å². The smallest absolute Gasteiger partial charge is 0.122 e. The fraction of sp³-hybridized carbons (Fsp3) is 0.571. The van der Waals surface area contributed by atoms with E-state index in [0.717, 1.165) is 5.75 Å². The van der Waals surface area contributed by atoms with Gasteiger partial charge < -0.3 is 4.74 Å². The molecule has 0 aromatic heterocycles. The van der Waals surface area contributed by atoms with E-state index in [4.69, 9.17) is 4.74 Å². The topological polar surface area (TPSA) is 9.23 Å². The quantitative estimate of drug-likeness (QED) is 0.698. The second-order valence-corrected chi connectivity index (χ2v) is 3.91. The van der Waals surface area contributed by atoms with Gasteiger partial charge in [0.15, 0.2) is 0 Å². The van der Waals surface area contributed by atoms with Crippen LogP contribution in [0.3, 0.4) is 0 Å². The minimum atomic E-state index is 0.980. The molecule has 0 amide bonds. The minimum Gasteiger partial charge on any atom is -0.496 e. The highest BCUT2D eigenvalue weighted by atomic mass is 16.5. The number of unbranched alkanes of at least 4 members (excludes halogenated alkanes) is 1. The van der Waals surface area contributed by atoms with Crippen molar-refractivity contribution in [2.75, 3.05) is 7.11 Å². The van der Waals surface area contributed by atoms with Gasteiger partial charge in [0.05, 0.1) is 7.11 Å². The molecule has 1 aromatic carbocycles. The zero-order valence-corrected chi connectivity index (χ0v) is 11.0. The van der Waals surface area contributed by atoms with Gasteiger partial charge in [0, 0.05) is 0 Å². The average Bonchev–Trinajstić information content (AvgIpc) is 2.24. The molecule has 1 aromatic rings. The van der Waals surface area contributed by atoms with Gasteiger partial charge in [-0.2, -0.15) is 0 Å². The van der Waals surface area contributed by atoms with Gasteiger partial charge >= 0.3 is 0 Å². The molecule has 15 heavy (non-hydrogen) atoms. The molecule has 0 aliphatic heterocycles. The molecule has 1 rings (SSSR count).